The lowest BCUT2D eigenvalue weighted by Gasteiger charge is -2.43. The van der Waals surface area contributed by atoms with Crippen LogP contribution < -0.4 is 15.8 Å². The number of nitrogens with zero attached hydrogens (tertiary/aromatic N) is 2. The number of primary amides is 1. The largest absolute Gasteiger partial charge is 0.497 e. The fourth-order valence-electron chi connectivity index (χ4n) is 8.62. The topological polar surface area (TPSA) is 87.9 Å². The van der Waals surface area contributed by atoms with Gasteiger partial charge >= 0.3 is 6.03 Å². The maximum atomic E-state index is 13.6. The van der Waals surface area contributed by atoms with Gasteiger partial charge in [0, 0.05) is 30.9 Å². The SMILES string of the molecule is COc1ccc(C2=C(C3CC3)N3CCN(C(=O)NC45CC6CC(CC4C6)C5)CC3C2C(N)=O)cc1. The third-order valence-electron chi connectivity index (χ3n) is 10.0. The molecule has 6 fully saturated rings. The lowest BCUT2D eigenvalue weighted by atomic mass is 9.80. The highest BCUT2D eigenvalue weighted by Crippen LogP contribution is 2.60. The molecule has 1 saturated heterocycles. The van der Waals surface area contributed by atoms with Gasteiger partial charge < -0.3 is 25.6 Å². The van der Waals surface area contributed by atoms with Crippen LogP contribution in [0, 0.1) is 29.6 Å². The average molecular weight is 477 g/mol. The van der Waals surface area contributed by atoms with E-state index in [4.69, 9.17) is 10.5 Å². The summed E-state index contributed by atoms with van der Waals surface area (Å²) in [7, 11) is 1.66. The highest BCUT2D eigenvalue weighted by Gasteiger charge is 2.59. The Balaban J connectivity index is 1.15. The number of hydrogen-bond donors (Lipinski definition) is 2. The fourth-order valence-corrected chi connectivity index (χ4v) is 8.62. The number of nitrogens with two attached hydrogens (primary N) is 1. The van der Waals surface area contributed by atoms with Gasteiger partial charge in [0.2, 0.25) is 5.91 Å². The second-order valence-electron chi connectivity index (χ2n) is 12.0. The number of piperazine rings is 1. The average Bonchev–Trinajstić information content (AvgIpc) is 3.53. The van der Waals surface area contributed by atoms with E-state index in [-0.39, 0.29) is 23.5 Å². The van der Waals surface area contributed by atoms with Crippen LogP contribution in [-0.4, -0.2) is 60.1 Å². The number of benzene rings is 1. The molecule has 35 heavy (non-hydrogen) atoms. The molecule has 4 bridgehead atoms. The molecule has 0 spiro atoms. The molecule has 3 amide bonds. The van der Waals surface area contributed by atoms with Crippen LogP contribution >= 0.6 is 0 Å². The molecular formula is C28H36N4O3. The van der Waals surface area contributed by atoms with E-state index in [1.165, 1.54) is 25.0 Å². The molecule has 0 aromatic heterocycles. The monoisotopic (exact) mass is 476 g/mol. The van der Waals surface area contributed by atoms with E-state index in [1.54, 1.807) is 7.11 Å². The molecular weight excluding hydrogens is 440 g/mol. The van der Waals surface area contributed by atoms with Crippen LogP contribution in [0.1, 0.15) is 50.5 Å². The number of carbonyl (C=O) groups excluding carboxylic acids is 2. The first-order valence-electron chi connectivity index (χ1n) is 13.5. The van der Waals surface area contributed by atoms with Gasteiger partial charge in [-0.15, -0.1) is 0 Å². The van der Waals surface area contributed by atoms with Gasteiger partial charge in [-0.25, -0.2) is 4.79 Å². The minimum absolute atomic E-state index is 0.0201. The minimum atomic E-state index is -0.411. The number of hydrogen-bond acceptors (Lipinski definition) is 4. The Kier molecular flexibility index (Phi) is 4.71. The van der Waals surface area contributed by atoms with Gasteiger partial charge in [0.15, 0.2) is 0 Å². The lowest BCUT2D eigenvalue weighted by molar-refractivity contribution is -0.121. The Bertz CT molecular complexity index is 1080. The zero-order chi connectivity index (χ0) is 23.9. The van der Waals surface area contributed by atoms with Gasteiger partial charge in [0.25, 0.3) is 0 Å². The number of allylic oxidation sites excluding steroid dienone is 1. The molecule has 4 unspecified atom stereocenters. The first kappa shape index (κ1) is 21.6. The number of rotatable bonds is 5. The predicted octanol–water partition coefficient (Wildman–Crippen LogP) is 3.21. The summed E-state index contributed by atoms with van der Waals surface area (Å²) in [5.74, 6) is 2.84. The highest BCUT2D eigenvalue weighted by molar-refractivity contribution is 5.94. The summed E-state index contributed by atoms with van der Waals surface area (Å²) >= 11 is 0. The molecule has 4 atom stereocenters. The van der Waals surface area contributed by atoms with Crippen molar-refractivity contribution in [2.75, 3.05) is 26.7 Å². The number of ether oxygens (including phenoxy) is 1. The maximum Gasteiger partial charge on any atom is 0.317 e. The number of methoxy groups -OCH3 is 1. The number of urea groups is 1. The first-order valence-corrected chi connectivity index (χ1v) is 13.5. The normalized spacial score (nSPS) is 37.1. The van der Waals surface area contributed by atoms with Crippen LogP contribution in [0.3, 0.4) is 0 Å². The molecule has 5 aliphatic carbocycles. The quantitative estimate of drug-likeness (QED) is 0.683. The number of nitrogens with one attached hydrogen (secondary N) is 1. The van der Waals surface area contributed by atoms with E-state index in [9.17, 15) is 9.59 Å². The molecule has 3 N–H and O–H groups in total. The van der Waals surface area contributed by atoms with Gasteiger partial charge in [-0.2, -0.15) is 0 Å². The Labute approximate surface area is 207 Å². The van der Waals surface area contributed by atoms with Crippen molar-refractivity contribution in [1.82, 2.24) is 15.1 Å². The Morgan fingerprint density at radius 2 is 1.77 bits per heavy atom. The van der Waals surface area contributed by atoms with Crippen LogP contribution in [0.15, 0.2) is 30.0 Å². The van der Waals surface area contributed by atoms with Crippen molar-refractivity contribution in [2.24, 2.45) is 35.3 Å². The van der Waals surface area contributed by atoms with E-state index in [2.05, 4.69) is 10.2 Å². The lowest BCUT2D eigenvalue weighted by Crippen LogP contribution is -2.61. The third kappa shape index (κ3) is 3.30. The van der Waals surface area contributed by atoms with E-state index in [0.29, 0.717) is 24.9 Å². The number of fused-ring (bicyclic) bond motifs is 1. The molecule has 5 saturated carbocycles. The molecule has 1 aromatic rings. The van der Waals surface area contributed by atoms with E-state index >= 15 is 0 Å². The van der Waals surface area contributed by atoms with Crippen molar-refractivity contribution in [3.8, 4) is 5.75 Å². The van der Waals surface area contributed by atoms with Crippen molar-refractivity contribution < 1.29 is 14.3 Å². The zero-order valence-electron chi connectivity index (χ0n) is 20.5. The van der Waals surface area contributed by atoms with Crippen LogP contribution in [0.5, 0.6) is 5.75 Å². The van der Waals surface area contributed by atoms with Gasteiger partial charge in [0.1, 0.15) is 5.75 Å². The molecule has 2 heterocycles. The Morgan fingerprint density at radius 3 is 2.40 bits per heavy atom. The Hall–Kier alpha value is -2.70. The number of amides is 3. The summed E-state index contributed by atoms with van der Waals surface area (Å²) in [5, 5.41) is 3.54. The molecule has 7 nitrogen and oxygen atoms in total. The summed E-state index contributed by atoms with van der Waals surface area (Å²) < 4.78 is 5.35. The molecule has 8 rings (SSSR count). The molecule has 186 valence electrons. The van der Waals surface area contributed by atoms with E-state index in [0.717, 1.165) is 60.9 Å². The van der Waals surface area contributed by atoms with Crippen LogP contribution in [0.2, 0.25) is 0 Å². The summed E-state index contributed by atoms with van der Waals surface area (Å²) in [4.78, 5) is 30.9. The second-order valence-corrected chi connectivity index (χ2v) is 12.0. The first-order chi connectivity index (χ1) is 17.0. The number of carbonyl (C=O) groups is 2. The highest BCUT2D eigenvalue weighted by atomic mass is 16.5. The fraction of sp³-hybridized carbons (Fsp3) is 0.643. The molecule has 7 aliphatic rings. The standard InChI is InChI=1S/C28H36N4O3/c1-35-21-6-4-18(5-7-21)23-24(26(29)33)22-15-31(8-9-32(22)25(23)19-2-3-19)27(34)30-28-13-16-10-17(14-28)12-20(28)11-16/h4-7,16-17,19-20,22,24H,2-3,8-15H2,1H3,(H2,29,33)(H,30,34). The van der Waals surface area contributed by atoms with Gasteiger partial charge in [-0.1, -0.05) is 12.1 Å². The summed E-state index contributed by atoms with van der Waals surface area (Å²) in [6.07, 6.45) is 8.55. The smallest absolute Gasteiger partial charge is 0.317 e. The van der Waals surface area contributed by atoms with Crippen molar-refractivity contribution in [2.45, 2.75) is 56.5 Å². The molecule has 2 aliphatic heterocycles. The maximum absolute atomic E-state index is 13.6. The molecule has 0 radical (unpaired) electrons. The van der Waals surface area contributed by atoms with Gasteiger partial charge in [-0.3, -0.25) is 4.79 Å². The zero-order valence-corrected chi connectivity index (χ0v) is 20.5. The minimum Gasteiger partial charge on any atom is -0.497 e. The van der Waals surface area contributed by atoms with Crippen molar-refractivity contribution >= 4 is 17.5 Å². The summed E-state index contributed by atoms with van der Waals surface area (Å²) in [5.41, 5.74) is 9.49. The van der Waals surface area contributed by atoms with Crippen LogP contribution in [0.4, 0.5) is 4.79 Å². The summed E-state index contributed by atoms with van der Waals surface area (Å²) in [6, 6.07) is 7.96. The third-order valence-corrected chi connectivity index (χ3v) is 10.0. The van der Waals surface area contributed by atoms with Gasteiger partial charge in [0.05, 0.1) is 19.1 Å². The van der Waals surface area contributed by atoms with Gasteiger partial charge in [-0.05, 0) is 91.9 Å². The van der Waals surface area contributed by atoms with E-state index < -0.39 is 5.92 Å². The van der Waals surface area contributed by atoms with Crippen molar-refractivity contribution in [3.05, 3.63) is 35.5 Å². The van der Waals surface area contributed by atoms with Crippen LogP contribution in [0.25, 0.3) is 5.57 Å². The second kappa shape index (κ2) is 7.65. The predicted molar refractivity (Wildman–Crippen MR) is 132 cm³/mol. The molecule has 7 heteroatoms. The Morgan fingerprint density at radius 1 is 1.06 bits per heavy atom. The van der Waals surface area contributed by atoms with Crippen molar-refractivity contribution in [1.29, 1.82) is 0 Å². The van der Waals surface area contributed by atoms with Crippen molar-refractivity contribution in [3.63, 3.8) is 0 Å². The van der Waals surface area contributed by atoms with Crippen LogP contribution in [-0.2, 0) is 4.79 Å². The molecule has 1 aromatic carbocycles. The van der Waals surface area contributed by atoms with E-state index in [1.807, 2.05) is 29.2 Å². The summed E-state index contributed by atoms with van der Waals surface area (Å²) in [6.45, 7) is 1.99.